The first kappa shape index (κ1) is 9.27. The minimum Gasteiger partial charge on any atom is -0.294 e. The number of carbonyl (C=O) groups is 1. The van der Waals surface area contributed by atoms with Crippen LogP contribution in [0.4, 0.5) is 0 Å². The Bertz CT molecular complexity index is 531. The van der Waals surface area contributed by atoms with Crippen LogP contribution in [0.25, 0.3) is 0 Å². The normalized spacial score (nSPS) is 14.1. The third-order valence-electron chi connectivity index (χ3n) is 2.92. The predicted octanol–water partition coefficient (Wildman–Crippen LogP) is 1.52. The van der Waals surface area contributed by atoms with Gasteiger partial charge < -0.3 is 0 Å². The maximum absolute atomic E-state index is 11.5. The number of benzene rings is 1. The summed E-state index contributed by atoms with van der Waals surface area (Å²) in [5.74, 6) is 1.05. The number of ketones is 1. The van der Waals surface area contributed by atoms with Crippen LogP contribution < -0.4 is 0 Å². The predicted molar refractivity (Wildman–Crippen MR) is 58.3 cm³/mol. The summed E-state index contributed by atoms with van der Waals surface area (Å²) in [5.41, 5.74) is 3.21. The third-order valence-corrected chi connectivity index (χ3v) is 2.92. The Balaban J connectivity index is 1.90. The van der Waals surface area contributed by atoms with Crippen molar-refractivity contribution in [1.29, 1.82) is 0 Å². The molecule has 0 spiro atoms. The van der Waals surface area contributed by atoms with E-state index < -0.39 is 0 Å². The fourth-order valence-corrected chi connectivity index (χ4v) is 2.12. The summed E-state index contributed by atoms with van der Waals surface area (Å²) in [5, 5.41) is 6.71. The highest BCUT2D eigenvalue weighted by molar-refractivity contribution is 6.00. The second-order valence-electron chi connectivity index (χ2n) is 4.01. The molecule has 4 heteroatoms. The molecule has 0 saturated heterocycles. The van der Waals surface area contributed by atoms with Crippen LogP contribution in [0.5, 0.6) is 0 Å². The van der Waals surface area contributed by atoms with Gasteiger partial charge in [-0.25, -0.2) is 4.98 Å². The number of hydrogen-bond donors (Lipinski definition) is 1. The first-order valence-corrected chi connectivity index (χ1v) is 5.32. The molecule has 80 valence electrons. The van der Waals surface area contributed by atoms with Crippen molar-refractivity contribution in [2.45, 2.75) is 19.3 Å². The van der Waals surface area contributed by atoms with Gasteiger partial charge in [0.25, 0.3) is 0 Å². The highest BCUT2D eigenvalue weighted by Gasteiger charge is 2.19. The summed E-state index contributed by atoms with van der Waals surface area (Å²) in [6.45, 7) is 0. The Morgan fingerprint density at radius 3 is 3.06 bits per heavy atom. The molecule has 0 amide bonds. The Labute approximate surface area is 92.7 Å². The molecule has 0 saturated carbocycles. The van der Waals surface area contributed by atoms with Gasteiger partial charge in [0.2, 0.25) is 0 Å². The van der Waals surface area contributed by atoms with Gasteiger partial charge in [-0.1, -0.05) is 18.2 Å². The molecule has 1 N–H and O–H groups in total. The quantitative estimate of drug-likeness (QED) is 0.822. The Morgan fingerprint density at radius 1 is 1.31 bits per heavy atom. The Kier molecular flexibility index (Phi) is 2.06. The number of nitrogens with one attached hydrogen (secondary N) is 1. The van der Waals surface area contributed by atoms with E-state index in [4.69, 9.17) is 0 Å². The van der Waals surface area contributed by atoms with Crippen LogP contribution in [0.2, 0.25) is 0 Å². The minimum absolute atomic E-state index is 0.263. The molecule has 1 aliphatic rings. The number of Topliss-reactive ketones (excluding diaryl/α,β-unsaturated/α-hetero) is 1. The molecule has 0 unspecified atom stereocenters. The van der Waals surface area contributed by atoms with Crippen molar-refractivity contribution < 1.29 is 4.79 Å². The molecule has 16 heavy (non-hydrogen) atoms. The monoisotopic (exact) mass is 213 g/mol. The standard InChI is InChI=1S/C12H11N3O/c16-11-4-2-9-5-8(1-3-10(9)11)6-12-13-7-14-15-12/h1,3,5,7H,2,4,6H2,(H,13,14,15). The van der Waals surface area contributed by atoms with Crippen molar-refractivity contribution in [3.8, 4) is 0 Å². The molecular formula is C12H11N3O. The SMILES string of the molecule is O=C1CCc2cc(Cc3nc[nH]n3)ccc21. The number of carbonyl (C=O) groups excluding carboxylic acids is 1. The number of hydrogen-bond acceptors (Lipinski definition) is 3. The largest absolute Gasteiger partial charge is 0.294 e. The lowest BCUT2D eigenvalue weighted by atomic mass is 10.0. The summed E-state index contributed by atoms with van der Waals surface area (Å²) >= 11 is 0. The van der Waals surface area contributed by atoms with Crippen LogP contribution in [0.3, 0.4) is 0 Å². The first-order valence-electron chi connectivity index (χ1n) is 5.32. The smallest absolute Gasteiger partial charge is 0.163 e. The zero-order valence-corrected chi connectivity index (χ0v) is 8.73. The molecule has 0 fully saturated rings. The zero-order chi connectivity index (χ0) is 11.0. The molecule has 3 rings (SSSR count). The van der Waals surface area contributed by atoms with Crippen LogP contribution in [-0.4, -0.2) is 21.0 Å². The average Bonchev–Trinajstić information content (AvgIpc) is 2.90. The van der Waals surface area contributed by atoms with Crippen LogP contribution in [0, 0.1) is 0 Å². The van der Waals surface area contributed by atoms with Crippen molar-refractivity contribution in [3.63, 3.8) is 0 Å². The maximum atomic E-state index is 11.5. The van der Waals surface area contributed by atoms with E-state index in [1.165, 1.54) is 0 Å². The van der Waals surface area contributed by atoms with E-state index in [1.54, 1.807) is 6.33 Å². The van der Waals surface area contributed by atoms with E-state index in [2.05, 4.69) is 21.2 Å². The lowest BCUT2D eigenvalue weighted by Crippen LogP contribution is -1.95. The molecule has 1 aromatic carbocycles. The summed E-state index contributed by atoms with van der Waals surface area (Å²) < 4.78 is 0. The fraction of sp³-hybridized carbons (Fsp3) is 0.250. The molecule has 1 aliphatic carbocycles. The van der Waals surface area contributed by atoms with E-state index >= 15 is 0 Å². The molecule has 0 aliphatic heterocycles. The number of aromatic amines is 1. The molecule has 1 heterocycles. The molecule has 2 aromatic rings. The van der Waals surface area contributed by atoms with Gasteiger partial charge in [-0.05, 0) is 17.5 Å². The van der Waals surface area contributed by atoms with Gasteiger partial charge in [0, 0.05) is 18.4 Å². The summed E-state index contributed by atoms with van der Waals surface area (Å²) in [4.78, 5) is 15.6. The number of fused-ring (bicyclic) bond motifs is 1. The zero-order valence-electron chi connectivity index (χ0n) is 8.73. The van der Waals surface area contributed by atoms with Crippen LogP contribution in [-0.2, 0) is 12.8 Å². The van der Waals surface area contributed by atoms with Crippen molar-refractivity contribution in [2.75, 3.05) is 0 Å². The second-order valence-corrected chi connectivity index (χ2v) is 4.01. The van der Waals surface area contributed by atoms with E-state index in [1.807, 2.05) is 12.1 Å². The molecule has 0 radical (unpaired) electrons. The van der Waals surface area contributed by atoms with Crippen molar-refractivity contribution >= 4 is 5.78 Å². The lowest BCUT2D eigenvalue weighted by molar-refractivity contribution is 0.0994. The summed E-state index contributed by atoms with van der Waals surface area (Å²) in [7, 11) is 0. The third kappa shape index (κ3) is 1.52. The van der Waals surface area contributed by atoms with Crippen molar-refractivity contribution in [3.05, 3.63) is 47.0 Å². The van der Waals surface area contributed by atoms with E-state index in [0.29, 0.717) is 12.8 Å². The number of H-pyrrole nitrogens is 1. The average molecular weight is 213 g/mol. The number of nitrogens with zero attached hydrogens (tertiary/aromatic N) is 2. The van der Waals surface area contributed by atoms with E-state index in [9.17, 15) is 4.79 Å². The molecule has 1 aromatic heterocycles. The second kappa shape index (κ2) is 3.56. The fourth-order valence-electron chi connectivity index (χ4n) is 2.12. The number of rotatable bonds is 2. The summed E-state index contributed by atoms with van der Waals surface area (Å²) in [6.07, 6.45) is 3.81. The van der Waals surface area contributed by atoms with Crippen LogP contribution in [0.15, 0.2) is 24.5 Å². The molecule has 4 nitrogen and oxygen atoms in total. The number of aryl methyl sites for hydroxylation is 1. The van der Waals surface area contributed by atoms with Crippen LogP contribution >= 0.6 is 0 Å². The lowest BCUT2D eigenvalue weighted by Gasteiger charge is -2.01. The van der Waals surface area contributed by atoms with Crippen molar-refractivity contribution in [2.24, 2.45) is 0 Å². The van der Waals surface area contributed by atoms with Gasteiger partial charge in [0.15, 0.2) is 11.6 Å². The maximum Gasteiger partial charge on any atom is 0.163 e. The Morgan fingerprint density at radius 2 is 2.25 bits per heavy atom. The Hall–Kier alpha value is -1.97. The summed E-state index contributed by atoms with van der Waals surface area (Å²) in [6, 6.07) is 6.00. The number of aromatic nitrogens is 3. The van der Waals surface area contributed by atoms with E-state index in [-0.39, 0.29) is 5.78 Å². The van der Waals surface area contributed by atoms with Gasteiger partial charge in [-0.2, -0.15) is 5.10 Å². The first-order chi connectivity index (χ1) is 7.83. The van der Waals surface area contributed by atoms with E-state index in [0.717, 1.165) is 28.9 Å². The van der Waals surface area contributed by atoms with Gasteiger partial charge in [-0.3, -0.25) is 9.89 Å². The molecule has 0 atom stereocenters. The van der Waals surface area contributed by atoms with Gasteiger partial charge in [0.05, 0.1) is 0 Å². The molecule has 0 bridgehead atoms. The minimum atomic E-state index is 0.263. The topological polar surface area (TPSA) is 58.6 Å². The van der Waals surface area contributed by atoms with Gasteiger partial charge in [-0.15, -0.1) is 0 Å². The van der Waals surface area contributed by atoms with Gasteiger partial charge in [0.1, 0.15) is 6.33 Å². The van der Waals surface area contributed by atoms with Crippen molar-refractivity contribution in [1.82, 2.24) is 15.2 Å². The van der Waals surface area contributed by atoms with Crippen LogP contribution in [0.1, 0.15) is 33.7 Å². The highest BCUT2D eigenvalue weighted by Crippen LogP contribution is 2.23. The molecular weight excluding hydrogens is 202 g/mol. The highest BCUT2D eigenvalue weighted by atomic mass is 16.1. The van der Waals surface area contributed by atoms with Gasteiger partial charge >= 0.3 is 0 Å².